The zero-order valence-electron chi connectivity index (χ0n) is 26.0. The van der Waals surface area contributed by atoms with Crippen molar-refractivity contribution < 1.29 is 15.3 Å². The summed E-state index contributed by atoms with van der Waals surface area (Å²) < 4.78 is 0.768. The molecule has 0 aliphatic carbocycles. The molecule has 42 heavy (non-hydrogen) atoms. The fourth-order valence-electron chi connectivity index (χ4n) is 4.40. The van der Waals surface area contributed by atoms with Crippen LogP contribution in [0.15, 0.2) is 94.6 Å². The van der Waals surface area contributed by atoms with Gasteiger partial charge in [-0.3, -0.25) is 4.99 Å². The van der Waals surface area contributed by atoms with E-state index in [9.17, 15) is 15.3 Å². The Morgan fingerprint density at radius 2 is 1.69 bits per heavy atom. The molecule has 3 rings (SSSR count). The largest absolute Gasteiger partial charge is 0.508 e. The molecule has 0 aliphatic heterocycles. The Bertz CT molecular complexity index is 1440. The van der Waals surface area contributed by atoms with Crippen LogP contribution >= 0.6 is 15.9 Å². The molecular weight excluding hydrogens is 586 g/mol. The number of allylic oxidation sites excluding steroid dienone is 1. The zero-order valence-corrected chi connectivity index (χ0v) is 27.6. The van der Waals surface area contributed by atoms with E-state index in [4.69, 9.17) is 0 Å². The molecule has 5 heteroatoms. The molecule has 3 aromatic rings. The molecular formula is C37H46BrNO3. The number of phenols is 1. The summed E-state index contributed by atoms with van der Waals surface area (Å²) in [5, 5.41) is 32.6. The number of hydrogen-bond donors (Lipinski definition) is 3. The summed E-state index contributed by atoms with van der Waals surface area (Å²) in [5.41, 5.74) is 4.36. The highest BCUT2D eigenvalue weighted by Gasteiger charge is 2.35. The maximum atomic E-state index is 12.5. The van der Waals surface area contributed by atoms with E-state index in [1.165, 1.54) is 0 Å². The first kappa shape index (κ1) is 34.9. The molecule has 3 N–H and O–H groups in total. The zero-order chi connectivity index (χ0) is 31.4. The van der Waals surface area contributed by atoms with Crippen molar-refractivity contribution in [1.29, 1.82) is 0 Å². The topological polar surface area (TPSA) is 73.0 Å². The minimum Gasteiger partial charge on any atom is -0.508 e. The average molecular weight is 633 g/mol. The Labute approximate surface area is 261 Å². The molecule has 0 aliphatic rings. The maximum Gasteiger partial charge on any atom is 0.138 e. The third kappa shape index (κ3) is 8.64. The molecule has 2 atom stereocenters. The van der Waals surface area contributed by atoms with E-state index < -0.39 is 5.60 Å². The molecule has 0 amide bonds. The van der Waals surface area contributed by atoms with E-state index in [1.807, 2.05) is 83.3 Å². The van der Waals surface area contributed by atoms with E-state index in [1.54, 1.807) is 24.4 Å². The minimum absolute atomic E-state index is 0.163. The molecule has 0 bridgehead atoms. The Kier molecular flexibility index (Phi) is 13.6. The Hall–Kier alpha value is -3.25. The van der Waals surface area contributed by atoms with Crippen LogP contribution in [-0.2, 0) is 12.2 Å². The third-order valence-electron chi connectivity index (χ3n) is 7.10. The summed E-state index contributed by atoms with van der Waals surface area (Å²) in [6.45, 7) is 18.5. The quantitative estimate of drug-likeness (QED) is 0.184. The molecule has 4 nitrogen and oxygen atoms in total. The lowest BCUT2D eigenvalue weighted by Gasteiger charge is -2.32. The van der Waals surface area contributed by atoms with Crippen molar-refractivity contribution >= 4 is 33.8 Å². The number of aromatic hydroxyl groups is 1. The average Bonchev–Trinajstić information content (AvgIpc) is 2.99. The van der Waals surface area contributed by atoms with Crippen LogP contribution in [0.5, 0.6) is 5.75 Å². The summed E-state index contributed by atoms with van der Waals surface area (Å²) in [6, 6.07) is 18.4. The Balaban J connectivity index is 0.00000301. The first-order chi connectivity index (χ1) is 20.0. The van der Waals surface area contributed by atoms with Gasteiger partial charge in [0.25, 0.3) is 0 Å². The molecule has 0 radical (unpaired) electrons. The summed E-state index contributed by atoms with van der Waals surface area (Å²) in [5.74, 6) is 0.831. The number of aliphatic hydroxyl groups excluding tert-OH is 1. The lowest BCUT2D eigenvalue weighted by Crippen LogP contribution is -2.29. The van der Waals surface area contributed by atoms with Gasteiger partial charge in [-0.15, -0.1) is 0 Å². The normalized spacial score (nSPS) is 14.1. The summed E-state index contributed by atoms with van der Waals surface area (Å²) in [6.07, 6.45) is 8.83. The van der Waals surface area contributed by atoms with Crippen molar-refractivity contribution in [1.82, 2.24) is 0 Å². The number of nitrogens with zero attached hydrogens (tertiary/aromatic N) is 1. The second kappa shape index (κ2) is 16.4. The first-order valence-electron chi connectivity index (χ1n) is 14.6. The van der Waals surface area contributed by atoms with E-state index in [2.05, 4.69) is 53.5 Å². The Morgan fingerprint density at radius 3 is 2.31 bits per heavy atom. The summed E-state index contributed by atoms with van der Waals surface area (Å²) in [4.78, 5) is 4.48. The number of benzene rings is 3. The Morgan fingerprint density at radius 1 is 1.02 bits per heavy atom. The molecule has 224 valence electrons. The maximum absolute atomic E-state index is 12.5. The van der Waals surface area contributed by atoms with Gasteiger partial charge < -0.3 is 15.3 Å². The van der Waals surface area contributed by atoms with Gasteiger partial charge in [-0.1, -0.05) is 113 Å². The molecule has 2 unspecified atom stereocenters. The fraction of sp³-hybridized carbons (Fsp3) is 0.324. The highest BCUT2D eigenvalue weighted by atomic mass is 79.9. The standard InChI is InChI=1S/C35H40BrNO3.C2H6/c1-7-24(4)11-12-27-13-14-31(19-33(27)26(6)28-9-8-10-32(39)18-28)35(40,25(5)21-37-20-23(2)3)30-15-16-34(36)29(17-30)22-38;1-2/h8-21,23-24,38-40H,6-7,22H2,1-5H3;1-2H3/b12-11-,25-21+,37-20?;. The van der Waals surface area contributed by atoms with Gasteiger partial charge in [0.05, 0.1) is 6.61 Å². The van der Waals surface area contributed by atoms with Crippen LogP contribution in [0.2, 0.25) is 0 Å². The van der Waals surface area contributed by atoms with Crippen molar-refractivity contribution in [3.8, 4) is 5.75 Å². The van der Waals surface area contributed by atoms with Crippen molar-refractivity contribution in [2.75, 3.05) is 0 Å². The number of halogens is 1. The molecule has 0 fully saturated rings. The highest BCUT2D eigenvalue weighted by molar-refractivity contribution is 9.10. The van der Waals surface area contributed by atoms with Crippen LogP contribution in [0.25, 0.3) is 11.6 Å². The lowest BCUT2D eigenvalue weighted by molar-refractivity contribution is 0.120. The van der Waals surface area contributed by atoms with Crippen LogP contribution < -0.4 is 0 Å². The molecule has 3 aromatic carbocycles. The van der Waals surface area contributed by atoms with E-state index in [0.29, 0.717) is 28.2 Å². The van der Waals surface area contributed by atoms with Crippen LogP contribution in [-0.4, -0.2) is 21.5 Å². The summed E-state index contributed by atoms with van der Waals surface area (Å²) >= 11 is 3.50. The van der Waals surface area contributed by atoms with Gasteiger partial charge in [-0.25, -0.2) is 0 Å². The third-order valence-corrected chi connectivity index (χ3v) is 7.87. The van der Waals surface area contributed by atoms with Gasteiger partial charge in [0.15, 0.2) is 0 Å². The fourth-order valence-corrected chi connectivity index (χ4v) is 4.78. The highest BCUT2D eigenvalue weighted by Crippen LogP contribution is 2.40. The molecule has 0 heterocycles. The van der Waals surface area contributed by atoms with Crippen LogP contribution in [0, 0.1) is 11.8 Å². The van der Waals surface area contributed by atoms with Crippen LogP contribution in [0.1, 0.15) is 88.3 Å². The van der Waals surface area contributed by atoms with Crippen molar-refractivity contribution in [3.05, 3.63) is 123 Å². The van der Waals surface area contributed by atoms with Crippen molar-refractivity contribution in [3.63, 3.8) is 0 Å². The number of hydrogen-bond acceptors (Lipinski definition) is 4. The van der Waals surface area contributed by atoms with Gasteiger partial charge in [-0.2, -0.15) is 0 Å². The van der Waals surface area contributed by atoms with Gasteiger partial charge in [0.2, 0.25) is 0 Å². The summed E-state index contributed by atoms with van der Waals surface area (Å²) in [7, 11) is 0. The molecule has 0 saturated heterocycles. The van der Waals surface area contributed by atoms with Crippen molar-refractivity contribution in [2.24, 2.45) is 16.8 Å². The number of rotatable bonds is 11. The minimum atomic E-state index is -1.54. The second-order valence-corrected chi connectivity index (χ2v) is 11.5. The predicted molar refractivity (Wildman–Crippen MR) is 183 cm³/mol. The first-order valence-corrected chi connectivity index (χ1v) is 15.4. The van der Waals surface area contributed by atoms with Gasteiger partial charge in [-0.05, 0) is 93.6 Å². The van der Waals surface area contributed by atoms with Gasteiger partial charge in [0.1, 0.15) is 11.4 Å². The van der Waals surface area contributed by atoms with Crippen LogP contribution in [0.3, 0.4) is 0 Å². The molecule has 0 aromatic heterocycles. The SMILES string of the molecule is C=C(c1cccc(O)c1)c1cc(C(O)(/C(C)=C/N=CC(C)C)c2ccc(Br)c(CO)c2)ccc1/C=C\C(C)CC.CC. The molecule has 0 spiro atoms. The second-order valence-electron chi connectivity index (χ2n) is 10.6. The number of phenolic OH excluding ortho intramolecular Hbond substituents is 1. The predicted octanol–water partition coefficient (Wildman–Crippen LogP) is 9.66. The number of aliphatic imine (C=N–C) groups is 1. The van der Waals surface area contributed by atoms with E-state index in [-0.39, 0.29) is 18.3 Å². The smallest absolute Gasteiger partial charge is 0.138 e. The van der Waals surface area contributed by atoms with Crippen LogP contribution in [0.4, 0.5) is 0 Å². The van der Waals surface area contributed by atoms with Gasteiger partial charge >= 0.3 is 0 Å². The monoisotopic (exact) mass is 631 g/mol. The van der Waals surface area contributed by atoms with E-state index >= 15 is 0 Å². The molecule has 0 saturated carbocycles. The van der Waals surface area contributed by atoms with Crippen molar-refractivity contribution in [2.45, 2.75) is 67.1 Å². The van der Waals surface area contributed by atoms with E-state index in [0.717, 1.165) is 33.2 Å². The lowest BCUT2D eigenvalue weighted by atomic mass is 9.78. The van der Waals surface area contributed by atoms with Gasteiger partial charge in [0, 0.05) is 16.9 Å². The number of aliphatic hydroxyl groups is 2.